The van der Waals surface area contributed by atoms with Gasteiger partial charge in [0.1, 0.15) is 0 Å². The summed E-state index contributed by atoms with van der Waals surface area (Å²) in [4.78, 5) is 27.4. The number of rotatable bonds is 10. The summed E-state index contributed by atoms with van der Waals surface area (Å²) < 4.78 is 10.7. The number of amides is 1. The van der Waals surface area contributed by atoms with Gasteiger partial charge in [-0.1, -0.05) is 0 Å². The van der Waals surface area contributed by atoms with Gasteiger partial charge in [-0.05, 0) is 83.5 Å². The molecule has 0 aromatic heterocycles. The maximum Gasteiger partial charge on any atom is 0.307 e. The van der Waals surface area contributed by atoms with Crippen molar-refractivity contribution < 1.29 is 19.1 Å². The lowest BCUT2D eigenvalue weighted by atomic mass is 9.49. The number of carbonyl (C=O) groups is 2. The van der Waals surface area contributed by atoms with Crippen LogP contribution in [0.5, 0.6) is 0 Å². The molecule has 154 valence electrons. The van der Waals surface area contributed by atoms with Crippen molar-refractivity contribution in [3.8, 4) is 0 Å². The highest BCUT2D eigenvalue weighted by Gasteiger charge is 2.55. The Morgan fingerprint density at radius 2 is 1.63 bits per heavy atom. The number of esters is 1. The molecule has 4 saturated carbocycles. The minimum absolute atomic E-state index is 0.150. The van der Waals surface area contributed by atoms with E-state index in [1.807, 2.05) is 25.7 Å². The van der Waals surface area contributed by atoms with Crippen molar-refractivity contribution in [1.29, 1.82) is 0 Å². The molecular weight excluding hydrogens is 342 g/mol. The maximum atomic E-state index is 13.6. The predicted octanol–water partition coefficient (Wildman–Crippen LogP) is 3.80. The summed E-state index contributed by atoms with van der Waals surface area (Å²) in [6.45, 7) is 8.07. The predicted molar refractivity (Wildman–Crippen MR) is 104 cm³/mol. The van der Waals surface area contributed by atoms with Crippen LogP contribution in [-0.4, -0.2) is 49.2 Å². The summed E-state index contributed by atoms with van der Waals surface area (Å²) >= 11 is 0. The highest BCUT2D eigenvalue weighted by Crippen LogP contribution is 2.60. The molecule has 5 heteroatoms. The lowest BCUT2D eigenvalue weighted by Gasteiger charge is -2.56. The molecule has 0 atom stereocenters. The Labute approximate surface area is 164 Å². The van der Waals surface area contributed by atoms with E-state index >= 15 is 0 Å². The van der Waals surface area contributed by atoms with Crippen LogP contribution in [0.3, 0.4) is 0 Å². The molecule has 0 spiro atoms. The summed E-state index contributed by atoms with van der Waals surface area (Å²) in [5, 5.41) is 0. The first-order valence-corrected chi connectivity index (χ1v) is 11.0. The first-order chi connectivity index (χ1) is 12.9. The molecule has 0 aliphatic heterocycles. The third-order valence-corrected chi connectivity index (χ3v) is 6.69. The van der Waals surface area contributed by atoms with E-state index in [-0.39, 0.29) is 23.9 Å². The second kappa shape index (κ2) is 8.93. The Morgan fingerprint density at radius 3 is 2.15 bits per heavy atom. The van der Waals surface area contributed by atoms with E-state index < -0.39 is 0 Å². The summed E-state index contributed by atoms with van der Waals surface area (Å²) in [5.74, 6) is 2.33. The van der Waals surface area contributed by atoms with Crippen LogP contribution in [0.15, 0.2) is 0 Å². The zero-order valence-corrected chi connectivity index (χ0v) is 17.4. The lowest BCUT2D eigenvalue weighted by molar-refractivity contribution is -0.158. The molecule has 0 unspecified atom stereocenters. The summed E-state index contributed by atoms with van der Waals surface area (Å²) in [6, 6.07) is 0. The maximum absolute atomic E-state index is 13.6. The van der Waals surface area contributed by atoms with E-state index in [0.29, 0.717) is 32.2 Å². The first-order valence-electron chi connectivity index (χ1n) is 11.0. The SMILES string of the molecule is CCOC(=O)CCN(CCCOC(C)C)C(=O)C12CC3CC(CC(C3)C1)C2. The molecule has 4 rings (SSSR count). The topological polar surface area (TPSA) is 55.8 Å². The van der Waals surface area contributed by atoms with Crippen LogP contribution < -0.4 is 0 Å². The monoisotopic (exact) mass is 379 g/mol. The minimum atomic E-state index is -0.209. The van der Waals surface area contributed by atoms with Crippen molar-refractivity contribution in [1.82, 2.24) is 4.90 Å². The van der Waals surface area contributed by atoms with Gasteiger partial charge in [-0.2, -0.15) is 0 Å². The third kappa shape index (κ3) is 5.04. The Morgan fingerprint density at radius 1 is 1.04 bits per heavy atom. The molecule has 4 aliphatic carbocycles. The molecule has 0 N–H and O–H groups in total. The lowest BCUT2D eigenvalue weighted by Crippen LogP contribution is -2.55. The molecule has 4 fully saturated rings. The Balaban J connectivity index is 1.63. The molecule has 0 radical (unpaired) electrons. The van der Waals surface area contributed by atoms with E-state index in [1.165, 1.54) is 19.3 Å². The summed E-state index contributed by atoms with van der Waals surface area (Å²) in [7, 11) is 0. The van der Waals surface area contributed by atoms with Crippen LogP contribution >= 0.6 is 0 Å². The van der Waals surface area contributed by atoms with E-state index in [2.05, 4.69) is 0 Å². The fourth-order valence-corrected chi connectivity index (χ4v) is 6.06. The van der Waals surface area contributed by atoms with E-state index in [4.69, 9.17) is 9.47 Å². The molecule has 0 aromatic rings. The second-order valence-electron chi connectivity index (χ2n) is 9.32. The first kappa shape index (κ1) is 20.6. The summed E-state index contributed by atoms with van der Waals surface area (Å²) in [6.07, 6.45) is 8.50. The summed E-state index contributed by atoms with van der Waals surface area (Å²) in [5.41, 5.74) is -0.150. The smallest absolute Gasteiger partial charge is 0.307 e. The Hall–Kier alpha value is -1.10. The normalized spacial score (nSPS) is 31.3. The van der Waals surface area contributed by atoms with Crippen LogP contribution in [0.1, 0.15) is 72.1 Å². The van der Waals surface area contributed by atoms with Crippen LogP contribution in [-0.2, 0) is 19.1 Å². The van der Waals surface area contributed by atoms with Crippen molar-refractivity contribution >= 4 is 11.9 Å². The highest BCUT2D eigenvalue weighted by atomic mass is 16.5. The van der Waals surface area contributed by atoms with Crippen molar-refractivity contribution in [3.63, 3.8) is 0 Å². The number of nitrogens with zero attached hydrogens (tertiary/aromatic N) is 1. The van der Waals surface area contributed by atoms with Gasteiger partial charge >= 0.3 is 5.97 Å². The molecule has 0 saturated heterocycles. The van der Waals surface area contributed by atoms with Gasteiger partial charge in [0.05, 0.1) is 24.5 Å². The Kier molecular flexibility index (Phi) is 6.83. The Bertz CT molecular complexity index is 495. The quantitative estimate of drug-likeness (QED) is 0.428. The molecule has 27 heavy (non-hydrogen) atoms. The highest BCUT2D eigenvalue weighted by molar-refractivity contribution is 5.84. The standard InChI is InChI=1S/C22H37NO4/c1-4-26-20(24)6-8-23(7-5-9-27-16(2)3)21(25)22-13-17-10-18(14-22)12-19(11-17)15-22/h16-19H,4-15H2,1-3H3. The van der Waals surface area contributed by atoms with Crippen LogP contribution in [0, 0.1) is 23.2 Å². The molecule has 4 bridgehead atoms. The average Bonchev–Trinajstić information content (AvgIpc) is 2.59. The molecule has 0 heterocycles. The van der Waals surface area contributed by atoms with Gasteiger partial charge in [0.2, 0.25) is 5.91 Å². The van der Waals surface area contributed by atoms with Crippen LogP contribution in [0.4, 0.5) is 0 Å². The fourth-order valence-electron chi connectivity index (χ4n) is 6.06. The van der Waals surface area contributed by atoms with Gasteiger partial charge in [0, 0.05) is 19.7 Å². The van der Waals surface area contributed by atoms with Crippen molar-refractivity contribution in [2.45, 2.75) is 78.2 Å². The van der Waals surface area contributed by atoms with Gasteiger partial charge in [-0.3, -0.25) is 9.59 Å². The molecule has 1 amide bonds. The largest absolute Gasteiger partial charge is 0.466 e. The second-order valence-corrected chi connectivity index (χ2v) is 9.32. The number of hydrogen-bond donors (Lipinski definition) is 0. The third-order valence-electron chi connectivity index (χ3n) is 6.69. The van der Waals surface area contributed by atoms with Crippen molar-refractivity contribution in [2.24, 2.45) is 23.2 Å². The molecule has 5 nitrogen and oxygen atoms in total. The van der Waals surface area contributed by atoms with Crippen molar-refractivity contribution in [2.75, 3.05) is 26.3 Å². The minimum Gasteiger partial charge on any atom is -0.466 e. The van der Waals surface area contributed by atoms with Gasteiger partial charge in [0.25, 0.3) is 0 Å². The number of ether oxygens (including phenoxy) is 2. The van der Waals surface area contributed by atoms with Gasteiger partial charge in [-0.25, -0.2) is 0 Å². The fraction of sp³-hybridized carbons (Fsp3) is 0.909. The number of hydrogen-bond acceptors (Lipinski definition) is 4. The van der Waals surface area contributed by atoms with E-state index in [9.17, 15) is 9.59 Å². The van der Waals surface area contributed by atoms with Crippen LogP contribution in [0.25, 0.3) is 0 Å². The van der Waals surface area contributed by atoms with Gasteiger partial charge < -0.3 is 14.4 Å². The molecular formula is C22H37NO4. The number of carbonyl (C=O) groups excluding carboxylic acids is 2. The zero-order chi connectivity index (χ0) is 19.4. The van der Waals surface area contributed by atoms with Crippen molar-refractivity contribution in [3.05, 3.63) is 0 Å². The van der Waals surface area contributed by atoms with E-state index in [0.717, 1.165) is 43.4 Å². The van der Waals surface area contributed by atoms with Gasteiger partial charge in [0.15, 0.2) is 0 Å². The van der Waals surface area contributed by atoms with Crippen LogP contribution in [0.2, 0.25) is 0 Å². The van der Waals surface area contributed by atoms with E-state index in [1.54, 1.807) is 0 Å². The zero-order valence-electron chi connectivity index (χ0n) is 17.4. The van der Waals surface area contributed by atoms with Gasteiger partial charge in [-0.15, -0.1) is 0 Å². The average molecular weight is 380 g/mol. The molecule has 0 aromatic carbocycles. The molecule has 4 aliphatic rings.